The van der Waals surface area contributed by atoms with Crippen molar-refractivity contribution in [2.24, 2.45) is 5.73 Å². The maximum absolute atomic E-state index is 12.2. The topological polar surface area (TPSA) is 69.2 Å². The second-order valence-corrected chi connectivity index (χ2v) is 3.57. The van der Waals surface area contributed by atoms with Gasteiger partial charge in [0.25, 0.3) is 12.1 Å². The number of alkyl halides is 2. The zero-order valence-electron chi connectivity index (χ0n) is 8.69. The third kappa shape index (κ3) is 2.96. The van der Waals surface area contributed by atoms with E-state index < -0.39 is 17.4 Å². The molecule has 0 spiro atoms. The molecular weight excluding hydrogens is 218 g/mol. The summed E-state index contributed by atoms with van der Waals surface area (Å²) in [6, 6.07) is 2.87. The van der Waals surface area contributed by atoms with Crippen molar-refractivity contribution in [2.75, 3.05) is 0 Å². The van der Waals surface area contributed by atoms with Gasteiger partial charge >= 0.3 is 0 Å². The summed E-state index contributed by atoms with van der Waals surface area (Å²) < 4.78 is 24.5. The van der Waals surface area contributed by atoms with Crippen LogP contribution in [0.5, 0.6) is 0 Å². The number of benzene rings is 1. The molecule has 0 bridgehead atoms. The quantitative estimate of drug-likeness (QED) is 0.635. The zero-order valence-corrected chi connectivity index (χ0v) is 8.69. The van der Waals surface area contributed by atoms with E-state index in [-0.39, 0.29) is 12.1 Å². The second-order valence-electron chi connectivity index (χ2n) is 3.57. The van der Waals surface area contributed by atoms with Gasteiger partial charge in [-0.2, -0.15) is 0 Å². The van der Waals surface area contributed by atoms with E-state index >= 15 is 0 Å². The van der Waals surface area contributed by atoms with Crippen molar-refractivity contribution in [3.63, 3.8) is 0 Å². The van der Waals surface area contributed by atoms with Crippen molar-refractivity contribution in [3.8, 4) is 0 Å². The van der Waals surface area contributed by atoms with Crippen molar-refractivity contribution in [3.05, 3.63) is 39.4 Å². The third-order valence-corrected chi connectivity index (χ3v) is 2.32. The Morgan fingerprint density at radius 1 is 1.50 bits per heavy atom. The summed E-state index contributed by atoms with van der Waals surface area (Å²) in [7, 11) is 0. The SMILES string of the molecule is Cc1ccc([N+](=O)[O-])cc1CC(N)C(F)F. The van der Waals surface area contributed by atoms with Crippen LogP contribution >= 0.6 is 0 Å². The molecule has 6 heteroatoms. The van der Waals surface area contributed by atoms with Crippen LogP contribution in [0.15, 0.2) is 18.2 Å². The van der Waals surface area contributed by atoms with E-state index in [9.17, 15) is 18.9 Å². The lowest BCUT2D eigenvalue weighted by Crippen LogP contribution is -2.31. The van der Waals surface area contributed by atoms with E-state index in [0.717, 1.165) is 5.56 Å². The fourth-order valence-electron chi connectivity index (χ4n) is 1.33. The molecule has 0 radical (unpaired) electrons. The number of nitro groups is 1. The summed E-state index contributed by atoms with van der Waals surface area (Å²) in [6.07, 6.45) is -2.69. The zero-order chi connectivity index (χ0) is 12.3. The standard InChI is InChI=1S/C10H12F2N2O2/c1-6-2-3-8(14(15)16)4-7(6)5-9(13)10(11)12/h2-4,9-10H,5,13H2,1H3. The Morgan fingerprint density at radius 3 is 2.62 bits per heavy atom. The van der Waals surface area contributed by atoms with Gasteiger partial charge in [0.05, 0.1) is 11.0 Å². The predicted octanol–water partition coefficient (Wildman–Crippen LogP) is 2.04. The molecule has 1 aromatic rings. The van der Waals surface area contributed by atoms with Crippen molar-refractivity contribution >= 4 is 5.69 Å². The molecule has 4 nitrogen and oxygen atoms in total. The molecule has 0 saturated carbocycles. The number of rotatable bonds is 4. The maximum Gasteiger partial charge on any atom is 0.269 e. The summed E-state index contributed by atoms with van der Waals surface area (Å²) in [5, 5.41) is 10.5. The van der Waals surface area contributed by atoms with E-state index in [1.54, 1.807) is 6.92 Å². The number of nitrogens with two attached hydrogens (primary N) is 1. The monoisotopic (exact) mass is 230 g/mol. The summed E-state index contributed by atoms with van der Waals surface area (Å²) in [6.45, 7) is 1.71. The summed E-state index contributed by atoms with van der Waals surface area (Å²) in [5.74, 6) is 0. The number of non-ortho nitro benzene ring substituents is 1. The van der Waals surface area contributed by atoms with E-state index in [1.807, 2.05) is 0 Å². The van der Waals surface area contributed by atoms with Gasteiger partial charge in [0.2, 0.25) is 0 Å². The van der Waals surface area contributed by atoms with Crippen molar-refractivity contribution in [1.82, 2.24) is 0 Å². The first-order chi connectivity index (χ1) is 7.41. The van der Waals surface area contributed by atoms with Crippen molar-refractivity contribution in [2.45, 2.75) is 25.8 Å². The molecule has 1 aromatic carbocycles. The van der Waals surface area contributed by atoms with Crippen LogP contribution < -0.4 is 5.73 Å². The Balaban J connectivity index is 2.94. The molecule has 0 heterocycles. The smallest absolute Gasteiger partial charge is 0.269 e. The minimum Gasteiger partial charge on any atom is -0.323 e. The third-order valence-electron chi connectivity index (χ3n) is 2.32. The molecule has 0 amide bonds. The number of hydrogen-bond acceptors (Lipinski definition) is 3. The van der Waals surface area contributed by atoms with Gasteiger partial charge in [-0.25, -0.2) is 8.78 Å². The molecule has 0 aliphatic carbocycles. The molecule has 0 saturated heterocycles. The molecular formula is C10H12F2N2O2. The highest BCUT2D eigenvalue weighted by Gasteiger charge is 2.18. The molecule has 0 fully saturated rings. The van der Waals surface area contributed by atoms with Crippen LogP contribution in [0, 0.1) is 17.0 Å². The first-order valence-corrected chi connectivity index (χ1v) is 4.69. The minimum absolute atomic E-state index is 0.0643. The van der Waals surface area contributed by atoms with Crippen LogP contribution in [0.2, 0.25) is 0 Å². The Bertz CT molecular complexity index is 396. The lowest BCUT2D eigenvalue weighted by atomic mass is 10.0. The fraction of sp³-hybridized carbons (Fsp3) is 0.400. The molecule has 0 aromatic heterocycles. The van der Waals surface area contributed by atoms with Crippen molar-refractivity contribution < 1.29 is 13.7 Å². The van der Waals surface area contributed by atoms with E-state index in [1.165, 1.54) is 18.2 Å². The Hall–Kier alpha value is -1.56. The van der Waals surface area contributed by atoms with Crippen LogP contribution in [0.4, 0.5) is 14.5 Å². The molecule has 16 heavy (non-hydrogen) atoms. The fourth-order valence-corrected chi connectivity index (χ4v) is 1.33. The minimum atomic E-state index is -2.63. The number of hydrogen-bond donors (Lipinski definition) is 1. The molecule has 88 valence electrons. The Kier molecular flexibility index (Phi) is 3.89. The highest BCUT2D eigenvalue weighted by molar-refractivity contribution is 5.39. The number of aryl methyl sites for hydroxylation is 1. The van der Waals surface area contributed by atoms with Crippen LogP contribution in [0.3, 0.4) is 0 Å². The van der Waals surface area contributed by atoms with Gasteiger partial charge in [0, 0.05) is 12.1 Å². The van der Waals surface area contributed by atoms with E-state index in [2.05, 4.69) is 0 Å². The van der Waals surface area contributed by atoms with Gasteiger partial charge in [0.15, 0.2) is 0 Å². The second kappa shape index (κ2) is 4.98. The number of nitro benzene ring substituents is 1. The van der Waals surface area contributed by atoms with Crippen LogP contribution in [-0.2, 0) is 6.42 Å². The average molecular weight is 230 g/mol. The Labute approximate surface area is 91.2 Å². The normalized spacial score (nSPS) is 12.8. The van der Waals surface area contributed by atoms with Crippen molar-refractivity contribution in [1.29, 1.82) is 0 Å². The van der Waals surface area contributed by atoms with Gasteiger partial charge in [0.1, 0.15) is 0 Å². The van der Waals surface area contributed by atoms with Gasteiger partial charge in [-0.3, -0.25) is 10.1 Å². The van der Waals surface area contributed by atoms with E-state index in [4.69, 9.17) is 5.73 Å². The van der Waals surface area contributed by atoms with Gasteiger partial charge < -0.3 is 5.73 Å². The molecule has 2 N–H and O–H groups in total. The lowest BCUT2D eigenvalue weighted by Gasteiger charge is -2.12. The predicted molar refractivity (Wildman–Crippen MR) is 55.5 cm³/mol. The molecule has 1 unspecified atom stereocenters. The first kappa shape index (κ1) is 12.5. The molecule has 0 aliphatic rings. The largest absolute Gasteiger partial charge is 0.323 e. The summed E-state index contributed by atoms with van der Waals surface area (Å²) >= 11 is 0. The van der Waals surface area contributed by atoms with E-state index in [0.29, 0.717) is 5.56 Å². The average Bonchev–Trinajstić information content (AvgIpc) is 2.20. The maximum atomic E-state index is 12.2. The highest BCUT2D eigenvalue weighted by Crippen LogP contribution is 2.19. The highest BCUT2D eigenvalue weighted by atomic mass is 19.3. The van der Waals surface area contributed by atoms with Crippen LogP contribution in [0.1, 0.15) is 11.1 Å². The molecule has 1 rings (SSSR count). The molecule has 1 atom stereocenters. The van der Waals surface area contributed by atoms with Crippen LogP contribution in [0.25, 0.3) is 0 Å². The molecule has 0 aliphatic heterocycles. The summed E-state index contributed by atoms with van der Waals surface area (Å²) in [4.78, 5) is 9.95. The number of halogens is 2. The number of nitrogens with zero attached hydrogens (tertiary/aromatic N) is 1. The first-order valence-electron chi connectivity index (χ1n) is 4.69. The van der Waals surface area contributed by atoms with Crippen LogP contribution in [-0.4, -0.2) is 17.4 Å². The van der Waals surface area contributed by atoms with Gasteiger partial charge in [-0.05, 0) is 24.5 Å². The lowest BCUT2D eigenvalue weighted by molar-refractivity contribution is -0.384. The summed E-state index contributed by atoms with van der Waals surface area (Å²) in [5.41, 5.74) is 6.33. The van der Waals surface area contributed by atoms with Gasteiger partial charge in [-0.15, -0.1) is 0 Å². The van der Waals surface area contributed by atoms with Gasteiger partial charge in [-0.1, -0.05) is 6.07 Å². The Morgan fingerprint density at radius 2 is 2.12 bits per heavy atom.